The van der Waals surface area contributed by atoms with Crippen molar-refractivity contribution >= 4 is 22.6 Å². The minimum atomic E-state index is 0.00634. The largest absolute Gasteiger partial charge is 0.394 e. The summed E-state index contributed by atoms with van der Waals surface area (Å²) in [5, 5.41) is 21.2. The number of aliphatic hydroxyl groups excluding tert-OH is 1. The standard InChI is InChI=1S/C23H35N5O2/c1-3-17-5-7-19(8-6-17)27-14-18(15-27)25-22(30)13-24-23-20-12-16(2)4-9-21(20)28(26-23)10-11-29/h4,9,12,17-19,29H,3,5-8,10-11,13-15H2,1-2H3,(H,24,26)(H,25,30). The van der Waals surface area contributed by atoms with E-state index in [9.17, 15) is 9.90 Å². The van der Waals surface area contributed by atoms with Gasteiger partial charge in [0.05, 0.1) is 31.3 Å². The van der Waals surface area contributed by atoms with Crippen LogP contribution in [-0.4, -0.2) is 64.0 Å². The maximum atomic E-state index is 12.5. The minimum Gasteiger partial charge on any atom is -0.394 e. The number of nitrogens with zero attached hydrogens (tertiary/aromatic N) is 3. The molecule has 2 fully saturated rings. The molecule has 164 valence electrons. The first-order chi connectivity index (χ1) is 14.6. The van der Waals surface area contributed by atoms with Gasteiger partial charge in [-0.05, 0) is 50.7 Å². The Morgan fingerprint density at radius 1 is 1.23 bits per heavy atom. The van der Waals surface area contributed by atoms with Crippen LogP contribution in [0.4, 0.5) is 5.82 Å². The van der Waals surface area contributed by atoms with Crippen molar-refractivity contribution in [1.82, 2.24) is 20.0 Å². The molecular formula is C23H35N5O2. The van der Waals surface area contributed by atoms with Crippen molar-refractivity contribution in [3.05, 3.63) is 23.8 Å². The van der Waals surface area contributed by atoms with Crippen LogP contribution in [0, 0.1) is 12.8 Å². The molecule has 1 aromatic heterocycles. The number of aryl methyl sites for hydroxylation is 1. The van der Waals surface area contributed by atoms with Crippen molar-refractivity contribution in [2.24, 2.45) is 5.92 Å². The maximum absolute atomic E-state index is 12.5. The van der Waals surface area contributed by atoms with Gasteiger partial charge in [0.15, 0.2) is 5.82 Å². The van der Waals surface area contributed by atoms with E-state index in [1.165, 1.54) is 32.1 Å². The number of benzene rings is 1. The third kappa shape index (κ3) is 4.62. The van der Waals surface area contributed by atoms with Crippen LogP contribution in [0.1, 0.15) is 44.6 Å². The van der Waals surface area contributed by atoms with Crippen LogP contribution in [0.2, 0.25) is 0 Å². The maximum Gasteiger partial charge on any atom is 0.239 e. The average molecular weight is 414 g/mol. The highest BCUT2D eigenvalue weighted by molar-refractivity contribution is 5.92. The number of nitrogens with one attached hydrogen (secondary N) is 2. The number of fused-ring (bicyclic) bond motifs is 1. The average Bonchev–Trinajstić information content (AvgIpc) is 3.06. The van der Waals surface area contributed by atoms with Gasteiger partial charge in [0.2, 0.25) is 5.91 Å². The molecule has 0 radical (unpaired) electrons. The van der Waals surface area contributed by atoms with Crippen molar-refractivity contribution in [3.8, 4) is 0 Å². The molecule has 0 unspecified atom stereocenters. The van der Waals surface area contributed by atoms with Crippen LogP contribution in [0.3, 0.4) is 0 Å². The Morgan fingerprint density at radius 3 is 2.70 bits per heavy atom. The molecule has 2 aliphatic rings. The van der Waals surface area contributed by atoms with Crippen LogP contribution < -0.4 is 10.6 Å². The number of hydrogen-bond acceptors (Lipinski definition) is 5. The second-order valence-corrected chi connectivity index (χ2v) is 8.97. The van der Waals surface area contributed by atoms with E-state index < -0.39 is 0 Å². The normalized spacial score (nSPS) is 22.8. The second kappa shape index (κ2) is 9.35. The van der Waals surface area contributed by atoms with Crippen molar-refractivity contribution in [2.75, 3.05) is 31.6 Å². The number of aliphatic hydroxyl groups is 1. The first kappa shape index (κ1) is 21.1. The highest BCUT2D eigenvalue weighted by Crippen LogP contribution is 2.31. The molecule has 1 aromatic carbocycles. The molecule has 7 heteroatoms. The summed E-state index contributed by atoms with van der Waals surface area (Å²) in [7, 11) is 0. The van der Waals surface area contributed by atoms with E-state index in [1.54, 1.807) is 4.68 Å². The molecule has 2 heterocycles. The molecule has 1 aliphatic heterocycles. The summed E-state index contributed by atoms with van der Waals surface area (Å²) in [5.74, 6) is 1.62. The molecule has 0 bridgehead atoms. The fourth-order valence-corrected chi connectivity index (χ4v) is 4.95. The summed E-state index contributed by atoms with van der Waals surface area (Å²) < 4.78 is 1.78. The molecule has 0 atom stereocenters. The molecular weight excluding hydrogens is 378 g/mol. The summed E-state index contributed by atoms with van der Waals surface area (Å²) in [5.41, 5.74) is 2.10. The lowest BCUT2D eigenvalue weighted by atomic mass is 9.83. The SMILES string of the molecule is CCC1CCC(N2CC(NC(=O)CNc3nn(CCO)c4ccc(C)cc34)C2)CC1. The fraction of sp³-hybridized carbons (Fsp3) is 0.652. The quantitative estimate of drug-likeness (QED) is 0.620. The van der Waals surface area contributed by atoms with E-state index in [0.717, 1.165) is 35.5 Å². The predicted octanol–water partition coefficient (Wildman–Crippen LogP) is 2.52. The highest BCUT2D eigenvalue weighted by atomic mass is 16.3. The van der Waals surface area contributed by atoms with E-state index >= 15 is 0 Å². The van der Waals surface area contributed by atoms with E-state index in [4.69, 9.17) is 0 Å². The van der Waals surface area contributed by atoms with Crippen molar-refractivity contribution in [1.29, 1.82) is 0 Å². The Labute approximate surface area is 178 Å². The van der Waals surface area contributed by atoms with Gasteiger partial charge >= 0.3 is 0 Å². The topological polar surface area (TPSA) is 82.4 Å². The number of carbonyl (C=O) groups is 1. The van der Waals surface area contributed by atoms with Gasteiger partial charge in [-0.1, -0.05) is 25.0 Å². The Balaban J connectivity index is 1.26. The lowest BCUT2D eigenvalue weighted by Crippen LogP contribution is -2.63. The monoisotopic (exact) mass is 413 g/mol. The molecule has 1 saturated heterocycles. The van der Waals surface area contributed by atoms with Crippen LogP contribution >= 0.6 is 0 Å². The third-order valence-corrected chi connectivity index (χ3v) is 6.82. The zero-order valence-corrected chi connectivity index (χ0v) is 18.2. The van der Waals surface area contributed by atoms with E-state index in [2.05, 4.69) is 33.6 Å². The predicted molar refractivity (Wildman–Crippen MR) is 120 cm³/mol. The molecule has 30 heavy (non-hydrogen) atoms. The molecule has 1 amide bonds. The molecule has 7 nitrogen and oxygen atoms in total. The molecule has 1 saturated carbocycles. The molecule has 2 aromatic rings. The number of anilines is 1. The van der Waals surface area contributed by atoms with Gasteiger partial charge in [-0.2, -0.15) is 5.10 Å². The minimum absolute atomic E-state index is 0.00634. The number of hydrogen-bond donors (Lipinski definition) is 3. The van der Waals surface area contributed by atoms with Crippen LogP contribution in [0.15, 0.2) is 18.2 Å². The number of likely N-dealkylation sites (tertiary alicyclic amines) is 1. The number of carbonyl (C=O) groups excluding carboxylic acids is 1. The smallest absolute Gasteiger partial charge is 0.239 e. The summed E-state index contributed by atoms with van der Waals surface area (Å²) in [6, 6.07) is 7.08. The van der Waals surface area contributed by atoms with Crippen LogP contribution in [0.5, 0.6) is 0 Å². The summed E-state index contributed by atoms with van der Waals surface area (Å²) in [6.45, 7) is 6.96. The lowest BCUT2D eigenvalue weighted by molar-refractivity contribution is -0.121. The third-order valence-electron chi connectivity index (χ3n) is 6.82. The van der Waals surface area contributed by atoms with Gasteiger partial charge < -0.3 is 15.7 Å². The number of amides is 1. The Hall–Kier alpha value is -2.12. The summed E-state index contributed by atoms with van der Waals surface area (Å²) >= 11 is 0. The van der Waals surface area contributed by atoms with Gasteiger partial charge in [0.1, 0.15) is 0 Å². The first-order valence-electron chi connectivity index (χ1n) is 11.4. The second-order valence-electron chi connectivity index (χ2n) is 8.97. The Bertz CT molecular complexity index is 866. The Morgan fingerprint density at radius 2 is 2.00 bits per heavy atom. The van der Waals surface area contributed by atoms with E-state index in [0.29, 0.717) is 18.4 Å². The van der Waals surface area contributed by atoms with E-state index in [1.807, 2.05) is 19.1 Å². The van der Waals surface area contributed by atoms with Crippen LogP contribution in [-0.2, 0) is 11.3 Å². The van der Waals surface area contributed by atoms with Gasteiger partial charge in [-0.3, -0.25) is 14.4 Å². The fourth-order valence-electron chi connectivity index (χ4n) is 4.95. The lowest BCUT2D eigenvalue weighted by Gasteiger charge is -2.46. The zero-order chi connectivity index (χ0) is 21.1. The van der Waals surface area contributed by atoms with Crippen molar-refractivity contribution < 1.29 is 9.90 Å². The van der Waals surface area contributed by atoms with Gasteiger partial charge in [-0.15, -0.1) is 0 Å². The van der Waals surface area contributed by atoms with Gasteiger partial charge in [0.25, 0.3) is 0 Å². The highest BCUT2D eigenvalue weighted by Gasteiger charge is 2.34. The molecule has 3 N–H and O–H groups in total. The summed E-state index contributed by atoms with van der Waals surface area (Å²) in [4.78, 5) is 15.0. The summed E-state index contributed by atoms with van der Waals surface area (Å²) in [6.07, 6.45) is 6.64. The number of rotatable bonds is 8. The van der Waals surface area contributed by atoms with Gasteiger partial charge in [-0.25, -0.2) is 0 Å². The first-order valence-corrected chi connectivity index (χ1v) is 11.4. The van der Waals surface area contributed by atoms with E-state index in [-0.39, 0.29) is 25.1 Å². The zero-order valence-electron chi connectivity index (χ0n) is 18.2. The molecule has 0 spiro atoms. The van der Waals surface area contributed by atoms with Crippen molar-refractivity contribution in [2.45, 2.75) is 64.6 Å². The van der Waals surface area contributed by atoms with Crippen LogP contribution in [0.25, 0.3) is 10.9 Å². The van der Waals surface area contributed by atoms with Crippen molar-refractivity contribution in [3.63, 3.8) is 0 Å². The molecule has 4 rings (SSSR count). The van der Waals surface area contributed by atoms with Gasteiger partial charge in [0, 0.05) is 24.5 Å². The number of aromatic nitrogens is 2. The Kier molecular flexibility index (Phi) is 6.58. The molecule has 1 aliphatic carbocycles.